The molecule has 0 saturated carbocycles. The summed E-state index contributed by atoms with van der Waals surface area (Å²) < 4.78 is 36.0. The molecule has 15 heteroatoms. The maximum absolute atomic E-state index is 6.45. The standard InChI is InChI=1S/2C19H24NO2.C18H20NO2.6Y/c2*1-12-5-6-19-7-8-20(3)11-14-13(2)10-15(21-4)18(17(14)19)22-16(19)9-12;1-12-10-14(20-3)17-16-13(12)11-19(2)9-8-18(16)7-5-4-6-15(18)21-17;;;;;;/h2*5-6,10,16H,7-9,11H2,1-4H3;5-7,10,15H,8-9,11H2,1-3H3;;;;;;/q3*-1;;;;;;/t2*16-,19-;15-,18-;;;;;;/m100....../s1. The first kappa shape index (κ1) is 65.2. The Hall–Kier alpha value is 1.66. The fraction of sp³-hybridized carbons (Fsp3) is 0.500. The van der Waals surface area contributed by atoms with Crippen LogP contribution >= 0.6 is 0 Å². The van der Waals surface area contributed by atoms with Crippen molar-refractivity contribution in [2.75, 3.05) is 62.1 Å². The molecule has 3 spiro atoms. The van der Waals surface area contributed by atoms with E-state index in [0.717, 1.165) is 106 Å². The number of benzene rings is 3. The van der Waals surface area contributed by atoms with Crippen LogP contribution in [0.4, 0.5) is 0 Å². The maximum atomic E-state index is 6.45. The summed E-state index contributed by atoms with van der Waals surface area (Å²) in [5.74, 6) is 8.35. The van der Waals surface area contributed by atoms with E-state index in [1.54, 1.807) is 21.3 Å². The second kappa shape index (κ2) is 26.3. The van der Waals surface area contributed by atoms with Gasteiger partial charge in [-0.05, 0) is 165 Å². The summed E-state index contributed by atoms with van der Waals surface area (Å²) in [6.07, 6.45) is 24.8. The Morgan fingerprint density at radius 3 is 1.27 bits per heavy atom. The van der Waals surface area contributed by atoms with Gasteiger partial charge < -0.3 is 43.1 Å². The first-order chi connectivity index (χ1) is 31.2. The molecule has 0 aromatic heterocycles. The molecule has 0 saturated heterocycles. The van der Waals surface area contributed by atoms with Gasteiger partial charge in [0.25, 0.3) is 0 Å². The Labute approximate surface area is 576 Å². The molecule has 0 fully saturated rings. The molecule has 3 aromatic carbocycles. The first-order valence-corrected chi connectivity index (χ1v) is 23.7. The van der Waals surface area contributed by atoms with Crippen molar-refractivity contribution in [2.24, 2.45) is 0 Å². The Morgan fingerprint density at radius 1 is 0.535 bits per heavy atom. The average Bonchev–Trinajstić information content (AvgIpc) is 3.81. The molecule has 3 aromatic rings. The first-order valence-electron chi connectivity index (χ1n) is 23.7. The molecule has 9 aliphatic rings. The van der Waals surface area contributed by atoms with E-state index in [9.17, 15) is 0 Å². The van der Waals surface area contributed by atoms with Crippen LogP contribution in [0, 0.1) is 38.7 Å². The van der Waals surface area contributed by atoms with Crippen LogP contribution in [0.25, 0.3) is 0 Å². The molecule has 6 atom stereocenters. The maximum Gasteiger partial charge on any atom is 0.164 e. The van der Waals surface area contributed by atoms with Crippen LogP contribution in [0.3, 0.4) is 0 Å². The van der Waals surface area contributed by atoms with Crippen LogP contribution in [-0.4, -0.2) is 95.1 Å². The van der Waals surface area contributed by atoms with Crippen molar-refractivity contribution in [3.8, 4) is 34.5 Å². The van der Waals surface area contributed by atoms with Crippen LogP contribution in [0.15, 0.2) is 60.7 Å². The monoisotopic (exact) mass is 1410 g/mol. The third-order valence-electron chi connectivity index (χ3n) is 16.3. The molecule has 12 rings (SSSR count). The van der Waals surface area contributed by atoms with Gasteiger partial charge in [0.2, 0.25) is 0 Å². The van der Waals surface area contributed by atoms with Crippen LogP contribution < -0.4 is 28.4 Å². The number of allylic oxidation sites excluding steroid dienone is 4. The Kier molecular flexibility index (Phi) is 24.1. The summed E-state index contributed by atoms with van der Waals surface area (Å²) in [5, 5.41) is 0. The predicted molar refractivity (Wildman–Crippen MR) is 257 cm³/mol. The van der Waals surface area contributed by atoms with Gasteiger partial charge >= 0.3 is 0 Å². The number of methoxy groups -OCH3 is 3. The summed E-state index contributed by atoms with van der Waals surface area (Å²) >= 11 is 0. The Balaban J connectivity index is 0.000000222. The second-order valence-electron chi connectivity index (χ2n) is 20.5. The fourth-order valence-electron chi connectivity index (χ4n) is 12.6. The number of ether oxygens (including phenoxy) is 6. The Bertz CT molecular complexity index is 2420. The van der Waals surface area contributed by atoms with E-state index in [1.807, 2.05) is 6.08 Å². The van der Waals surface area contributed by atoms with E-state index >= 15 is 0 Å². The van der Waals surface area contributed by atoms with Gasteiger partial charge in [-0.1, -0.05) is 12.8 Å². The van der Waals surface area contributed by atoms with Crippen LogP contribution in [0.2, 0.25) is 0 Å². The molecule has 0 unspecified atom stereocenters. The second-order valence-corrected chi connectivity index (χ2v) is 20.5. The number of hydrogen-bond acceptors (Lipinski definition) is 9. The van der Waals surface area contributed by atoms with E-state index in [0.29, 0.717) is 0 Å². The Morgan fingerprint density at radius 2 is 0.887 bits per heavy atom. The van der Waals surface area contributed by atoms with Crippen molar-refractivity contribution in [1.82, 2.24) is 14.7 Å². The molecule has 71 heavy (non-hydrogen) atoms. The number of rotatable bonds is 3. The molecule has 0 amide bonds. The molecule has 364 valence electrons. The SMILES string of the molecule is COc1cc(C)c2c3c1O[C@@H]1C[C-](C)C=C[C@]31CCN(C)C2.COc1cc(C)c2c3c1O[C@H]1C=[C-]C=C[C@@]31CCN(C)C2.COc1cc(C)c2c3c1O[C@H]1C[C-](C)C=C[C@@]31CCN(C)C2.[Y].[Y].[Y].[Y].[Y].[Y]. The summed E-state index contributed by atoms with van der Waals surface area (Å²) in [4.78, 5) is 7.26. The van der Waals surface area contributed by atoms with E-state index in [2.05, 4.69) is 131 Å². The minimum absolute atomic E-state index is 0. The third-order valence-corrected chi connectivity index (χ3v) is 16.3. The van der Waals surface area contributed by atoms with Gasteiger partial charge in [0.1, 0.15) is 0 Å². The molecule has 0 N–H and O–H groups in total. The summed E-state index contributed by atoms with van der Waals surface area (Å²) in [7, 11) is 11.8. The van der Waals surface area contributed by atoms with E-state index in [1.165, 1.54) is 61.9 Å². The van der Waals surface area contributed by atoms with E-state index < -0.39 is 0 Å². The third kappa shape index (κ3) is 11.5. The number of nitrogens with zero attached hydrogens (tertiary/aromatic N) is 3. The van der Waals surface area contributed by atoms with Crippen LogP contribution in [-0.2, 0) is 232 Å². The quantitative estimate of drug-likeness (QED) is 0.239. The normalized spacial score (nSPS) is 27.1. The van der Waals surface area contributed by atoms with Gasteiger partial charge in [-0.2, -0.15) is 0 Å². The summed E-state index contributed by atoms with van der Waals surface area (Å²) in [5.41, 5.74) is 12.3. The van der Waals surface area contributed by atoms with E-state index in [4.69, 9.17) is 28.4 Å². The molecule has 6 aliphatic heterocycles. The average molecular weight is 1410 g/mol. The largest absolute Gasteiger partial charge is 0.493 e. The molecular formula is C56H68N3O6Y6-3. The van der Waals surface area contributed by atoms with Crippen molar-refractivity contribution in [2.45, 2.75) is 121 Å². The number of hydrogen-bond donors (Lipinski definition) is 0. The van der Waals surface area contributed by atoms with Crippen molar-refractivity contribution in [3.05, 3.63) is 129 Å². The van der Waals surface area contributed by atoms with Gasteiger partial charge in [-0.15, -0.1) is 19.9 Å². The molecule has 0 bridgehead atoms. The van der Waals surface area contributed by atoms with Crippen molar-refractivity contribution in [3.63, 3.8) is 0 Å². The van der Waals surface area contributed by atoms with Crippen LogP contribution in [0.1, 0.15) is 96.0 Å². The topological polar surface area (TPSA) is 65.1 Å². The van der Waals surface area contributed by atoms with Crippen molar-refractivity contribution >= 4 is 0 Å². The van der Waals surface area contributed by atoms with Gasteiger partial charge in [-0.3, -0.25) is 6.08 Å². The zero-order valence-corrected chi connectivity index (χ0v) is 61.1. The van der Waals surface area contributed by atoms with Crippen molar-refractivity contribution < 1.29 is 225 Å². The molecule has 6 radical (unpaired) electrons. The minimum atomic E-state index is -0.0556. The van der Waals surface area contributed by atoms with Gasteiger partial charge in [0.15, 0.2) is 34.5 Å². The number of aryl methyl sites for hydroxylation is 3. The minimum Gasteiger partial charge on any atom is -0.493 e. The molecule has 3 aliphatic carbocycles. The molecule has 6 heterocycles. The van der Waals surface area contributed by atoms with E-state index in [-0.39, 0.29) is 231 Å². The zero-order chi connectivity index (χ0) is 45.6. The predicted octanol–water partition coefficient (Wildman–Crippen LogP) is 9.54. The van der Waals surface area contributed by atoms with Gasteiger partial charge in [0, 0.05) is 216 Å². The van der Waals surface area contributed by atoms with Crippen molar-refractivity contribution in [1.29, 1.82) is 0 Å². The van der Waals surface area contributed by atoms with Gasteiger partial charge in [-0.25, -0.2) is 48.3 Å². The zero-order valence-electron chi connectivity index (χ0n) is 44.0. The molecule has 9 nitrogen and oxygen atoms in total. The summed E-state index contributed by atoms with van der Waals surface area (Å²) in [6.45, 7) is 17.2. The van der Waals surface area contributed by atoms with Gasteiger partial charge in [0.05, 0.1) is 39.6 Å². The molecular weight excluding hydrogens is 1340 g/mol. The van der Waals surface area contributed by atoms with Crippen LogP contribution in [0.5, 0.6) is 34.5 Å². The summed E-state index contributed by atoms with van der Waals surface area (Å²) in [6, 6.07) is 6.38. The fourth-order valence-corrected chi connectivity index (χ4v) is 12.6. The smallest absolute Gasteiger partial charge is 0.164 e.